The minimum Gasteiger partial charge on any atom is -0.494 e. The first kappa shape index (κ1) is 35.5. The highest BCUT2D eigenvalue weighted by Crippen LogP contribution is 2.27. The Morgan fingerprint density at radius 1 is 0.851 bits per heavy atom. The number of carbonyl (C=O) groups is 2. The van der Waals surface area contributed by atoms with Crippen LogP contribution >= 0.6 is 11.6 Å². The van der Waals surface area contributed by atoms with Crippen LogP contribution in [-0.4, -0.2) is 50.9 Å². The van der Waals surface area contributed by atoms with Crippen LogP contribution in [0.1, 0.15) is 43.4 Å². The number of hydrogen-bond donors (Lipinski definition) is 1. The minimum atomic E-state index is -4.20. The number of aryl methyl sites for hydroxylation is 1. The van der Waals surface area contributed by atoms with E-state index in [0.717, 1.165) is 33.8 Å². The summed E-state index contributed by atoms with van der Waals surface area (Å²) in [5, 5.41) is 3.54. The van der Waals surface area contributed by atoms with Crippen molar-refractivity contribution in [2.24, 2.45) is 0 Å². The molecule has 0 aliphatic rings. The molecule has 2 amide bonds. The summed E-state index contributed by atoms with van der Waals surface area (Å²) in [4.78, 5) is 29.9. The van der Waals surface area contributed by atoms with Crippen LogP contribution in [0.5, 0.6) is 5.75 Å². The normalized spacial score (nSPS) is 11.8. The zero-order valence-electron chi connectivity index (χ0n) is 27.1. The summed E-state index contributed by atoms with van der Waals surface area (Å²) in [5.74, 6) is -0.263. The van der Waals surface area contributed by atoms with Crippen LogP contribution < -0.4 is 14.4 Å². The monoisotopic (exact) mass is 675 g/mol. The van der Waals surface area contributed by atoms with Gasteiger partial charge in [-0.1, -0.05) is 85.1 Å². The number of ether oxygens (including phenoxy) is 1. The number of unbranched alkanes of at least 4 members (excludes halogenated alkanes) is 1. The van der Waals surface area contributed by atoms with E-state index in [4.69, 9.17) is 16.3 Å². The molecule has 0 unspecified atom stereocenters. The molecule has 0 spiro atoms. The van der Waals surface area contributed by atoms with Crippen molar-refractivity contribution < 1.29 is 22.7 Å². The maximum atomic E-state index is 14.6. The molecule has 0 saturated carbocycles. The quantitative estimate of drug-likeness (QED) is 0.132. The Morgan fingerprint density at radius 3 is 2.13 bits per heavy atom. The van der Waals surface area contributed by atoms with Crippen molar-refractivity contribution >= 4 is 39.1 Å². The van der Waals surface area contributed by atoms with Gasteiger partial charge in [0.1, 0.15) is 18.3 Å². The Balaban J connectivity index is 1.78. The molecule has 1 atom stereocenters. The largest absolute Gasteiger partial charge is 0.494 e. The number of sulfonamides is 1. The highest BCUT2D eigenvalue weighted by Gasteiger charge is 2.34. The molecule has 248 valence electrons. The van der Waals surface area contributed by atoms with E-state index in [-0.39, 0.29) is 23.8 Å². The van der Waals surface area contributed by atoms with Gasteiger partial charge in [0.25, 0.3) is 10.0 Å². The smallest absolute Gasteiger partial charge is 0.264 e. The second-order valence-electron chi connectivity index (χ2n) is 11.2. The van der Waals surface area contributed by atoms with Gasteiger partial charge in [-0.2, -0.15) is 0 Å². The number of nitrogens with one attached hydrogen (secondary N) is 1. The maximum Gasteiger partial charge on any atom is 0.264 e. The highest BCUT2D eigenvalue weighted by molar-refractivity contribution is 7.92. The second kappa shape index (κ2) is 17.0. The lowest BCUT2D eigenvalue weighted by molar-refractivity contribution is -0.140. The number of amides is 2. The van der Waals surface area contributed by atoms with E-state index in [1.807, 2.05) is 51.1 Å². The van der Waals surface area contributed by atoms with E-state index >= 15 is 0 Å². The molecule has 0 heterocycles. The zero-order valence-corrected chi connectivity index (χ0v) is 28.6. The van der Waals surface area contributed by atoms with Gasteiger partial charge < -0.3 is 15.0 Å². The molecule has 0 aliphatic carbocycles. The molecule has 1 N–H and O–H groups in total. The van der Waals surface area contributed by atoms with Crippen LogP contribution in [0.4, 0.5) is 5.69 Å². The van der Waals surface area contributed by atoms with Gasteiger partial charge in [-0.3, -0.25) is 13.9 Å². The molecular formula is C37H42ClN3O5S. The third-order valence-electron chi connectivity index (χ3n) is 7.69. The van der Waals surface area contributed by atoms with E-state index in [9.17, 15) is 18.0 Å². The predicted octanol–water partition coefficient (Wildman–Crippen LogP) is 6.80. The van der Waals surface area contributed by atoms with Crippen molar-refractivity contribution in [1.29, 1.82) is 0 Å². The topological polar surface area (TPSA) is 96.0 Å². The second-order valence-corrected chi connectivity index (χ2v) is 13.5. The van der Waals surface area contributed by atoms with Gasteiger partial charge in [0.05, 0.1) is 17.2 Å². The molecule has 0 bridgehead atoms. The summed E-state index contributed by atoms with van der Waals surface area (Å²) < 4.78 is 35.1. The molecule has 0 saturated heterocycles. The van der Waals surface area contributed by atoms with Crippen LogP contribution in [0.3, 0.4) is 0 Å². The van der Waals surface area contributed by atoms with Crippen LogP contribution in [0.25, 0.3) is 0 Å². The maximum absolute atomic E-state index is 14.6. The SMILES string of the molecule is CCCCNC(=O)[C@@H](Cc1ccccc1)N(Cc1ccc(Cl)cc1)C(=O)CN(c1ccc(OCC)cc1)S(=O)(=O)c1ccc(C)cc1. The first-order valence-electron chi connectivity index (χ1n) is 15.8. The molecule has 0 aromatic heterocycles. The average molecular weight is 676 g/mol. The predicted molar refractivity (Wildman–Crippen MR) is 187 cm³/mol. The van der Waals surface area contributed by atoms with Crippen LogP contribution in [0.15, 0.2) is 108 Å². The lowest BCUT2D eigenvalue weighted by Crippen LogP contribution is -2.53. The molecule has 0 aliphatic heterocycles. The Morgan fingerprint density at radius 2 is 1.51 bits per heavy atom. The summed E-state index contributed by atoms with van der Waals surface area (Å²) >= 11 is 6.16. The lowest BCUT2D eigenvalue weighted by Gasteiger charge is -2.34. The van der Waals surface area contributed by atoms with Crippen molar-refractivity contribution in [3.05, 3.63) is 125 Å². The van der Waals surface area contributed by atoms with Crippen molar-refractivity contribution in [2.45, 2.75) is 57.5 Å². The number of halogens is 1. The van der Waals surface area contributed by atoms with E-state index in [0.29, 0.717) is 29.6 Å². The number of benzene rings is 4. The van der Waals surface area contributed by atoms with Crippen molar-refractivity contribution in [1.82, 2.24) is 10.2 Å². The molecule has 4 aromatic carbocycles. The highest BCUT2D eigenvalue weighted by atomic mass is 35.5. The third-order valence-corrected chi connectivity index (χ3v) is 9.73. The van der Waals surface area contributed by atoms with Gasteiger partial charge in [-0.15, -0.1) is 0 Å². The number of anilines is 1. The Hall–Kier alpha value is -4.34. The van der Waals surface area contributed by atoms with Crippen molar-refractivity contribution in [3.63, 3.8) is 0 Å². The summed E-state index contributed by atoms with van der Waals surface area (Å²) in [6, 6.07) is 28.7. The van der Waals surface area contributed by atoms with Gasteiger partial charge >= 0.3 is 0 Å². The first-order chi connectivity index (χ1) is 22.6. The van der Waals surface area contributed by atoms with Crippen molar-refractivity contribution in [2.75, 3.05) is 24.0 Å². The zero-order chi connectivity index (χ0) is 33.8. The molecule has 47 heavy (non-hydrogen) atoms. The molecule has 0 radical (unpaired) electrons. The summed E-state index contributed by atoms with van der Waals surface area (Å²) in [5.41, 5.74) is 2.81. The fourth-order valence-corrected chi connectivity index (χ4v) is 6.63. The molecule has 4 aromatic rings. The van der Waals surface area contributed by atoms with Crippen LogP contribution in [-0.2, 0) is 32.6 Å². The van der Waals surface area contributed by atoms with Gasteiger partial charge in [-0.25, -0.2) is 8.42 Å². The summed E-state index contributed by atoms with van der Waals surface area (Å²) in [7, 11) is -4.20. The summed E-state index contributed by atoms with van der Waals surface area (Å²) in [6.07, 6.45) is 1.92. The van der Waals surface area contributed by atoms with Gasteiger partial charge in [0, 0.05) is 24.5 Å². The minimum absolute atomic E-state index is 0.0483. The third kappa shape index (κ3) is 9.83. The molecular weight excluding hydrogens is 634 g/mol. The number of nitrogens with zero attached hydrogens (tertiary/aromatic N) is 2. The molecule has 0 fully saturated rings. The molecule has 8 nitrogen and oxygen atoms in total. The Kier molecular flexibility index (Phi) is 12.8. The Bertz CT molecular complexity index is 1700. The first-order valence-corrected chi connectivity index (χ1v) is 17.6. The van der Waals surface area contributed by atoms with E-state index in [1.54, 1.807) is 60.7 Å². The van der Waals surface area contributed by atoms with Gasteiger partial charge in [0.2, 0.25) is 11.8 Å². The van der Waals surface area contributed by atoms with Gasteiger partial charge in [-0.05, 0) is 79.9 Å². The lowest BCUT2D eigenvalue weighted by atomic mass is 10.0. The molecule has 4 rings (SSSR count). The van der Waals surface area contributed by atoms with E-state index in [1.165, 1.54) is 17.0 Å². The fraction of sp³-hybridized carbons (Fsp3) is 0.297. The molecule has 10 heteroatoms. The number of hydrogen-bond acceptors (Lipinski definition) is 5. The van der Waals surface area contributed by atoms with Gasteiger partial charge in [0.15, 0.2) is 0 Å². The van der Waals surface area contributed by atoms with Crippen LogP contribution in [0.2, 0.25) is 5.02 Å². The average Bonchev–Trinajstić information content (AvgIpc) is 3.07. The number of carbonyl (C=O) groups excluding carboxylic acids is 2. The standard InChI is InChI=1S/C37H42ClN3O5S/c1-4-6-24-39-37(43)35(25-29-10-8-7-9-11-29)40(26-30-14-16-31(38)17-15-30)36(42)27-41(32-18-20-33(21-19-32)46-5-2)47(44,45)34-22-12-28(3)13-23-34/h7-23,35H,4-6,24-27H2,1-3H3,(H,39,43)/t35-/m1/s1. The van der Waals surface area contributed by atoms with Crippen molar-refractivity contribution in [3.8, 4) is 5.75 Å². The Labute approximate surface area is 283 Å². The fourth-order valence-electron chi connectivity index (χ4n) is 5.09. The van der Waals surface area contributed by atoms with E-state index < -0.39 is 28.5 Å². The van der Waals surface area contributed by atoms with Crippen LogP contribution in [0, 0.1) is 6.92 Å². The number of rotatable bonds is 16. The van der Waals surface area contributed by atoms with E-state index in [2.05, 4.69) is 5.32 Å². The summed E-state index contributed by atoms with van der Waals surface area (Å²) in [6.45, 7) is 6.21.